The van der Waals surface area contributed by atoms with Gasteiger partial charge in [-0.15, -0.1) is 11.8 Å². The molecule has 0 atom stereocenters. The molecule has 110 valence electrons. The number of thioether (sulfide) groups is 1. The Morgan fingerprint density at radius 2 is 2.10 bits per heavy atom. The van der Waals surface area contributed by atoms with Gasteiger partial charge in [0.1, 0.15) is 12.0 Å². The van der Waals surface area contributed by atoms with Gasteiger partial charge in [-0.25, -0.2) is 4.98 Å². The maximum Gasteiger partial charge on any atom is 0.287 e. The first kappa shape index (κ1) is 15.3. The van der Waals surface area contributed by atoms with Gasteiger partial charge in [0.2, 0.25) is 0 Å². The normalized spacial score (nSPS) is 10.3. The monoisotopic (exact) mass is 303 g/mol. The quantitative estimate of drug-likeness (QED) is 0.364. The standard InChI is InChI=1S/C15H17N3O2S/c1-12-10-13(18(19)20)11-17-15(12)16-8-5-9-21-14-6-3-2-4-7-14/h2-4,6-7,10-11H,5,8-9H2,1H3,(H,16,17). The SMILES string of the molecule is Cc1cc([N+](=O)[O-])cnc1NCCCSc1ccccc1. The highest BCUT2D eigenvalue weighted by Gasteiger charge is 2.08. The lowest BCUT2D eigenvalue weighted by molar-refractivity contribution is -0.385. The van der Waals surface area contributed by atoms with Crippen LogP contribution in [0.25, 0.3) is 0 Å². The highest BCUT2D eigenvalue weighted by molar-refractivity contribution is 7.99. The summed E-state index contributed by atoms with van der Waals surface area (Å²) in [5.74, 6) is 1.73. The molecular formula is C15H17N3O2S. The summed E-state index contributed by atoms with van der Waals surface area (Å²) in [6.45, 7) is 2.62. The van der Waals surface area contributed by atoms with Crippen LogP contribution in [0.2, 0.25) is 0 Å². The maximum atomic E-state index is 10.6. The second-order valence-electron chi connectivity index (χ2n) is 4.56. The molecule has 0 saturated heterocycles. The van der Waals surface area contributed by atoms with E-state index in [9.17, 15) is 10.1 Å². The van der Waals surface area contributed by atoms with Gasteiger partial charge in [0, 0.05) is 17.5 Å². The number of rotatable bonds is 7. The van der Waals surface area contributed by atoms with E-state index in [1.165, 1.54) is 17.2 Å². The molecule has 0 aliphatic carbocycles. The van der Waals surface area contributed by atoms with Crippen molar-refractivity contribution < 1.29 is 4.92 Å². The van der Waals surface area contributed by atoms with Gasteiger partial charge in [-0.1, -0.05) is 18.2 Å². The average Bonchev–Trinajstić information content (AvgIpc) is 2.49. The summed E-state index contributed by atoms with van der Waals surface area (Å²) in [4.78, 5) is 15.6. The van der Waals surface area contributed by atoms with Crippen molar-refractivity contribution >= 4 is 23.3 Å². The van der Waals surface area contributed by atoms with Crippen molar-refractivity contribution in [2.75, 3.05) is 17.6 Å². The molecule has 0 aliphatic heterocycles. The van der Waals surface area contributed by atoms with Crippen LogP contribution in [0.3, 0.4) is 0 Å². The van der Waals surface area contributed by atoms with Gasteiger partial charge in [0.15, 0.2) is 0 Å². The van der Waals surface area contributed by atoms with Crippen LogP contribution in [0.4, 0.5) is 11.5 Å². The molecule has 0 bridgehead atoms. The van der Waals surface area contributed by atoms with Crippen molar-refractivity contribution in [2.24, 2.45) is 0 Å². The predicted octanol–water partition coefficient (Wildman–Crippen LogP) is 3.89. The van der Waals surface area contributed by atoms with Crippen molar-refractivity contribution in [3.05, 3.63) is 58.3 Å². The number of benzene rings is 1. The van der Waals surface area contributed by atoms with Crippen LogP contribution in [0.1, 0.15) is 12.0 Å². The topological polar surface area (TPSA) is 68.1 Å². The predicted molar refractivity (Wildman–Crippen MR) is 85.9 cm³/mol. The fraction of sp³-hybridized carbons (Fsp3) is 0.267. The highest BCUT2D eigenvalue weighted by Crippen LogP contribution is 2.19. The van der Waals surface area contributed by atoms with Crippen LogP contribution in [0.15, 0.2) is 47.5 Å². The fourth-order valence-electron chi connectivity index (χ4n) is 1.83. The van der Waals surface area contributed by atoms with E-state index in [4.69, 9.17) is 0 Å². The van der Waals surface area contributed by atoms with Crippen LogP contribution < -0.4 is 5.32 Å². The van der Waals surface area contributed by atoms with E-state index in [1.54, 1.807) is 0 Å². The molecule has 0 radical (unpaired) electrons. The molecule has 0 saturated carbocycles. The van der Waals surface area contributed by atoms with E-state index in [-0.39, 0.29) is 5.69 Å². The summed E-state index contributed by atoms with van der Waals surface area (Å²) >= 11 is 1.82. The van der Waals surface area contributed by atoms with Gasteiger partial charge in [-0.2, -0.15) is 0 Å². The molecule has 0 unspecified atom stereocenters. The molecule has 1 aromatic carbocycles. The molecule has 5 nitrogen and oxygen atoms in total. The first-order valence-electron chi connectivity index (χ1n) is 6.69. The van der Waals surface area contributed by atoms with Crippen LogP contribution in [-0.2, 0) is 0 Å². The minimum Gasteiger partial charge on any atom is -0.370 e. The number of pyridine rings is 1. The molecule has 2 rings (SSSR count). The second kappa shape index (κ2) is 7.64. The first-order valence-corrected chi connectivity index (χ1v) is 7.68. The van der Waals surface area contributed by atoms with Gasteiger partial charge in [-0.3, -0.25) is 10.1 Å². The Kier molecular flexibility index (Phi) is 5.57. The lowest BCUT2D eigenvalue weighted by Gasteiger charge is -2.08. The summed E-state index contributed by atoms with van der Waals surface area (Å²) < 4.78 is 0. The van der Waals surface area contributed by atoms with E-state index in [0.29, 0.717) is 5.82 Å². The van der Waals surface area contributed by atoms with Gasteiger partial charge in [0.25, 0.3) is 5.69 Å². The zero-order chi connectivity index (χ0) is 15.1. The molecular weight excluding hydrogens is 286 g/mol. The number of hydrogen-bond donors (Lipinski definition) is 1. The number of anilines is 1. The van der Waals surface area contributed by atoms with E-state index >= 15 is 0 Å². The lowest BCUT2D eigenvalue weighted by atomic mass is 10.2. The molecule has 1 heterocycles. The zero-order valence-electron chi connectivity index (χ0n) is 11.8. The molecule has 0 amide bonds. The minimum absolute atomic E-state index is 0.0256. The van der Waals surface area contributed by atoms with Crippen molar-refractivity contribution in [3.63, 3.8) is 0 Å². The Balaban J connectivity index is 1.75. The maximum absolute atomic E-state index is 10.6. The van der Waals surface area contributed by atoms with Crippen molar-refractivity contribution in [2.45, 2.75) is 18.2 Å². The van der Waals surface area contributed by atoms with E-state index < -0.39 is 4.92 Å². The third kappa shape index (κ3) is 4.75. The Morgan fingerprint density at radius 3 is 2.76 bits per heavy atom. The number of hydrogen-bond acceptors (Lipinski definition) is 5. The van der Waals surface area contributed by atoms with Crippen LogP contribution >= 0.6 is 11.8 Å². The number of nitrogens with zero attached hydrogens (tertiary/aromatic N) is 2. The van der Waals surface area contributed by atoms with Crippen LogP contribution in [0.5, 0.6) is 0 Å². The summed E-state index contributed by atoms with van der Waals surface area (Å²) in [6, 6.07) is 11.8. The Morgan fingerprint density at radius 1 is 1.33 bits per heavy atom. The molecule has 6 heteroatoms. The number of nitrogens with one attached hydrogen (secondary N) is 1. The summed E-state index contributed by atoms with van der Waals surface area (Å²) in [6.07, 6.45) is 2.28. The summed E-state index contributed by atoms with van der Waals surface area (Å²) in [7, 11) is 0. The molecule has 1 N–H and O–H groups in total. The Bertz CT molecular complexity index is 605. The third-order valence-corrected chi connectivity index (χ3v) is 4.00. The smallest absolute Gasteiger partial charge is 0.287 e. The van der Waals surface area contributed by atoms with Gasteiger partial charge in [0.05, 0.1) is 4.92 Å². The van der Waals surface area contributed by atoms with Gasteiger partial charge >= 0.3 is 0 Å². The Hall–Kier alpha value is -2.08. The molecule has 0 spiro atoms. The second-order valence-corrected chi connectivity index (χ2v) is 5.73. The van der Waals surface area contributed by atoms with E-state index in [0.717, 1.165) is 24.3 Å². The van der Waals surface area contributed by atoms with Crippen molar-refractivity contribution in [1.29, 1.82) is 0 Å². The molecule has 21 heavy (non-hydrogen) atoms. The molecule has 1 aromatic heterocycles. The number of aromatic nitrogens is 1. The highest BCUT2D eigenvalue weighted by atomic mass is 32.2. The first-order chi connectivity index (χ1) is 10.2. The van der Waals surface area contributed by atoms with Crippen LogP contribution in [-0.4, -0.2) is 22.2 Å². The van der Waals surface area contributed by atoms with Crippen molar-refractivity contribution in [1.82, 2.24) is 4.98 Å². The average molecular weight is 303 g/mol. The van der Waals surface area contributed by atoms with E-state index in [1.807, 2.05) is 36.9 Å². The van der Waals surface area contributed by atoms with Gasteiger partial charge < -0.3 is 5.32 Å². The lowest BCUT2D eigenvalue weighted by Crippen LogP contribution is -2.06. The summed E-state index contributed by atoms with van der Waals surface area (Å²) in [5, 5.41) is 13.9. The summed E-state index contributed by atoms with van der Waals surface area (Å²) in [5.41, 5.74) is 0.817. The largest absolute Gasteiger partial charge is 0.370 e. The third-order valence-electron chi connectivity index (χ3n) is 2.90. The van der Waals surface area contributed by atoms with Crippen LogP contribution in [0, 0.1) is 17.0 Å². The van der Waals surface area contributed by atoms with E-state index in [2.05, 4.69) is 22.4 Å². The fourth-order valence-corrected chi connectivity index (χ4v) is 2.70. The Labute approximate surface area is 127 Å². The molecule has 2 aromatic rings. The van der Waals surface area contributed by atoms with Crippen molar-refractivity contribution in [3.8, 4) is 0 Å². The number of aryl methyl sites for hydroxylation is 1. The number of nitro groups is 1. The van der Waals surface area contributed by atoms with Gasteiger partial charge in [-0.05, 0) is 36.8 Å². The minimum atomic E-state index is -0.430. The molecule has 0 fully saturated rings. The molecule has 0 aliphatic rings. The zero-order valence-corrected chi connectivity index (χ0v) is 12.6.